The highest BCUT2D eigenvalue weighted by Gasteiger charge is 2.49. The third-order valence-corrected chi connectivity index (χ3v) is 5.16. The molecule has 1 N–H and O–H groups in total. The summed E-state index contributed by atoms with van der Waals surface area (Å²) >= 11 is 0. The maximum Gasteiger partial charge on any atom is 0.304 e. The molecule has 1 atom stereocenters. The highest BCUT2D eigenvalue weighted by atomic mass is 16.4. The Morgan fingerprint density at radius 2 is 1.69 bits per heavy atom. The molecule has 26 heavy (non-hydrogen) atoms. The van der Waals surface area contributed by atoms with Crippen LogP contribution >= 0.6 is 0 Å². The lowest BCUT2D eigenvalue weighted by molar-refractivity contribution is -0.141. The van der Waals surface area contributed by atoms with Crippen LogP contribution in [-0.4, -0.2) is 17.0 Å². The van der Waals surface area contributed by atoms with E-state index in [0.717, 1.165) is 27.6 Å². The summed E-state index contributed by atoms with van der Waals surface area (Å²) in [5, 5.41) is 11.4. The number of carbonyl (C=O) groups excluding carboxylic acids is 1. The number of benzene rings is 3. The predicted molar refractivity (Wildman–Crippen MR) is 101 cm³/mol. The molecule has 4 rings (SSSR count). The predicted octanol–water partition coefficient (Wildman–Crippen LogP) is 4.12. The van der Waals surface area contributed by atoms with Crippen LogP contribution in [0.2, 0.25) is 0 Å². The fourth-order valence-corrected chi connectivity index (χ4v) is 3.97. The Balaban J connectivity index is 1.92. The Bertz CT molecular complexity index is 1010. The van der Waals surface area contributed by atoms with Gasteiger partial charge in [0.25, 0.3) is 0 Å². The maximum atomic E-state index is 13.3. The second-order valence-electron chi connectivity index (χ2n) is 6.96. The summed E-state index contributed by atoms with van der Waals surface area (Å²) in [5.74, 6) is -1.13. The lowest BCUT2D eigenvalue weighted by Crippen LogP contribution is -2.39. The van der Waals surface area contributed by atoms with Crippen LogP contribution in [0.3, 0.4) is 0 Å². The van der Waals surface area contributed by atoms with Crippen molar-refractivity contribution in [3.8, 4) is 0 Å². The Hall–Kier alpha value is -3.14. The number of rotatable bonds is 4. The van der Waals surface area contributed by atoms with E-state index in [4.69, 9.17) is 0 Å². The number of carbonyl (C=O) groups is 2. The molecule has 0 bridgehead atoms. The molecule has 1 aliphatic rings. The minimum atomic E-state index is -1.07. The SMILES string of the molecule is C[C@]1(CC(=O)O)C(=O)N(Cc2ccccc2)c2ccc3ccccc3c21. The molecule has 0 saturated carbocycles. The van der Waals surface area contributed by atoms with Gasteiger partial charge in [-0.05, 0) is 34.9 Å². The normalized spacial score (nSPS) is 19.0. The summed E-state index contributed by atoms with van der Waals surface area (Å²) < 4.78 is 0. The standard InChI is InChI=1S/C22H19NO3/c1-22(13-19(24)25)20-17-10-6-5-9-16(17)11-12-18(20)23(21(22)26)14-15-7-3-2-4-8-15/h2-12H,13-14H2,1H3,(H,24,25)/t22-/m1/s1. The number of amides is 1. The number of aliphatic carboxylic acids is 1. The van der Waals surface area contributed by atoms with Gasteiger partial charge in [-0.1, -0.05) is 60.7 Å². The van der Waals surface area contributed by atoms with Gasteiger partial charge in [0.1, 0.15) is 0 Å². The molecule has 4 heteroatoms. The first-order valence-electron chi connectivity index (χ1n) is 8.60. The highest BCUT2D eigenvalue weighted by Crippen LogP contribution is 2.48. The van der Waals surface area contributed by atoms with Crippen LogP contribution < -0.4 is 4.90 Å². The molecule has 0 aliphatic carbocycles. The molecular weight excluding hydrogens is 326 g/mol. The third kappa shape index (κ3) is 2.46. The fraction of sp³-hybridized carbons (Fsp3) is 0.182. The van der Waals surface area contributed by atoms with E-state index in [2.05, 4.69) is 0 Å². The molecule has 3 aromatic rings. The summed E-state index contributed by atoms with van der Waals surface area (Å²) in [6.45, 7) is 2.18. The summed E-state index contributed by atoms with van der Waals surface area (Å²) in [5.41, 5.74) is 1.57. The molecule has 130 valence electrons. The number of hydrogen-bond donors (Lipinski definition) is 1. The third-order valence-electron chi connectivity index (χ3n) is 5.16. The summed E-state index contributed by atoms with van der Waals surface area (Å²) in [6, 6.07) is 21.5. The molecule has 0 spiro atoms. The number of nitrogens with zero attached hydrogens (tertiary/aromatic N) is 1. The van der Waals surface area contributed by atoms with Gasteiger partial charge < -0.3 is 10.0 Å². The molecule has 1 heterocycles. The van der Waals surface area contributed by atoms with E-state index in [9.17, 15) is 14.7 Å². The summed E-state index contributed by atoms with van der Waals surface area (Å²) in [7, 11) is 0. The molecule has 0 saturated heterocycles. The van der Waals surface area contributed by atoms with E-state index in [1.165, 1.54) is 0 Å². The minimum Gasteiger partial charge on any atom is -0.481 e. The van der Waals surface area contributed by atoms with E-state index in [1.54, 1.807) is 11.8 Å². The monoisotopic (exact) mass is 345 g/mol. The summed E-state index contributed by atoms with van der Waals surface area (Å²) in [4.78, 5) is 26.6. The van der Waals surface area contributed by atoms with E-state index in [1.807, 2.05) is 66.7 Å². The van der Waals surface area contributed by atoms with Gasteiger partial charge in [-0.25, -0.2) is 0 Å². The second-order valence-corrected chi connectivity index (χ2v) is 6.96. The zero-order valence-corrected chi connectivity index (χ0v) is 14.5. The van der Waals surface area contributed by atoms with Gasteiger partial charge in [-0.3, -0.25) is 9.59 Å². The summed E-state index contributed by atoms with van der Waals surface area (Å²) in [6.07, 6.45) is -0.224. The van der Waals surface area contributed by atoms with Crippen molar-refractivity contribution < 1.29 is 14.7 Å². The molecule has 0 fully saturated rings. The lowest BCUT2D eigenvalue weighted by atomic mass is 9.78. The average Bonchev–Trinajstić information content (AvgIpc) is 2.84. The van der Waals surface area contributed by atoms with E-state index >= 15 is 0 Å². The maximum absolute atomic E-state index is 13.3. The number of fused-ring (bicyclic) bond motifs is 3. The van der Waals surface area contributed by atoms with Crippen LogP contribution in [-0.2, 0) is 21.5 Å². The second kappa shape index (κ2) is 5.99. The van der Waals surface area contributed by atoms with Gasteiger partial charge in [-0.2, -0.15) is 0 Å². The van der Waals surface area contributed by atoms with Crippen molar-refractivity contribution in [2.24, 2.45) is 0 Å². The van der Waals surface area contributed by atoms with E-state index in [-0.39, 0.29) is 12.3 Å². The van der Waals surface area contributed by atoms with Crippen LogP contribution in [0.5, 0.6) is 0 Å². The topological polar surface area (TPSA) is 57.6 Å². The fourth-order valence-electron chi connectivity index (χ4n) is 3.97. The zero-order valence-electron chi connectivity index (χ0n) is 14.5. The first-order chi connectivity index (χ1) is 12.5. The van der Waals surface area contributed by atoms with Gasteiger partial charge in [0, 0.05) is 5.69 Å². The molecule has 0 radical (unpaired) electrons. The van der Waals surface area contributed by atoms with Crippen molar-refractivity contribution in [3.63, 3.8) is 0 Å². The Morgan fingerprint density at radius 1 is 1.00 bits per heavy atom. The van der Waals surface area contributed by atoms with Crippen LogP contribution in [0.25, 0.3) is 10.8 Å². The van der Waals surface area contributed by atoms with Crippen molar-refractivity contribution in [1.82, 2.24) is 0 Å². The van der Waals surface area contributed by atoms with Crippen LogP contribution in [0.15, 0.2) is 66.7 Å². The largest absolute Gasteiger partial charge is 0.481 e. The molecule has 1 amide bonds. The Kier molecular flexibility index (Phi) is 3.76. The van der Waals surface area contributed by atoms with Crippen molar-refractivity contribution in [2.45, 2.75) is 25.3 Å². The van der Waals surface area contributed by atoms with Crippen molar-refractivity contribution in [3.05, 3.63) is 77.9 Å². The number of hydrogen-bond acceptors (Lipinski definition) is 2. The van der Waals surface area contributed by atoms with E-state index < -0.39 is 11.4 Å². The van der Waals surface area contributed by atoms with Gasteiger partial charge in [0.15, 0.2) is 0 Å². The van der Waals surface area contributed by atoms with E-state index in [0.29, 0.717) is 6.54 Å². The number of carboxylic acid groups (broad SMARTS) is 1. The first-order valence-corrected chi connectivity index (χ1v) is 8.60. The van der Waals surface area contributed by atoms with Crippen LogP contribution in [0.1, 0.15) is 24.5 Å². The van der Waals surface area contributed by atoms with Crippen molar-refractivity contribution in [1.29, 1.82) is 0 Å². The van der Waals surface area contributed by atoms with Gasteiger partial charge >= 0.3 is 5.97 Å². The minimum absolute atomic E-state index is 0.157. The quantitative estimate of drug-likeness (QED) is 0.774. The van der Waals surface area contributed by atoms with Crippen LogP contribution in [0.4, 0.5) is 5.69 Å². The Labute approximate surface area is 151 Å². The molecule has 3 aromatic carbocycles. The number of anilines is 1. The van der Waals surface area contributed by atoms with Crippen molar-refractivity contribution >= 4 is 28.3 Å². The highest BCUT2D eigenvalue weighted by molar-refractivity contribution is 6.14. The Morgan fingerprint density at radius 3 is 2.42 bits per heavy atom. The van der Waals surface area contributed by atoms with Gasteiger partial charge in [0.05, 0.1) is 18.4 Å². The molecular formula is C22H19NO3. The lowest BCUT2D eigenvalue weighted by Gasteiger charge is -2.23. The number of carboxylic acids is 1. The smallest absolute Gasteiger partial charge is 0.304 e. The first kappa shape index (κ1) is 16.3. The van der Waals surface area contributed by atoms with Crippen molar-refractivity contribution in [2.75, 3.05) is 4.90 Å². The molecule has 0 aromatic heterocycles. The average molecular weight is 345 g/mol. The molecule has 4 nitrogen and oxygen atoms in total. The van der Waals surface area contributed by atoms with Gasteiger partial charge in [0.2, 0.25) is 5.91 Å². The van der Waals surface area contributed by atoms with Gasteiger partial charge in [-0.15, -0.1) is 0 Å². The molecule has 1 aliphatic heterocycles. The van der Waals surface area contributed by atoms with Crippen LogP contribution in [0, 0.1) is 0 Å². The molecule has 0 unspecified atom stereocenters. The zero-order chi connectivity index (χ0) is 18.3.